The van der Waals surface area contributed by atoms with E-state index >= 15 is 0 Å². The third-order valence-electron chi connectivity index (χ3n) is 4.74. The van der Waals surface area contributed by atoms with Crippen LogP contribution in [0, 0.1) is 5.82 Å². The van der Waals surface area contributed by atoms with E-state index in [1.165, 1.54) is 23.2 Å². The molecule has 2 heterocycles. The third kappa shape index (κ3) is 2.99. The van der Waals surface area contributed by atoms with Crippen LogP contribution >= 0.6 is 0 Å². The topological polar surface area (TPSA) is 59.3 Å². The average Bonchev–Trinajstić information content (AvgIpc) is 3.07. The molecule has 3 aromatic rings. The first-order valence-corrected chi connectivity index (χ1v) is 8.62. The van der Waals surface area contributed by atoms with E-state index in [9.17, 15) is 9.18 Å². The molecule has 1 aliphatic carbocycles. The maximum Gasteiger partial charge on any atom is 0.256 e. The molecule has 0 aliphatic heterocycles. The molecule has 0 spiro atoms. The van der Waals surface area contributed by atoms with Crippen molar-refractivity contribution in [3.63, 3.8) is 0 Å². The van der Waals surface area contributed by atoms with Crippen LogP contribution in [0.25, 0.3) is 16.9 Å². The number of rotatable bonds is 3. The first-order chi connectivity index (χ1) is 12.2. The largest absolute Gasteiger partial charge is 0.349 e. The van der Waals surface area contributed by atoms with Gasteiger partial charge in [-0.05, 0) is 31.0 Å². The molecule has 0 radical (unpaired) electrons. The van der Waals surface area contributed by atoms with E-state index in [4.69, 9.17) is 0 Å². The van der Waals surface area contributed by atoms with E-state index in [2.05, 4.69) is 15.4 Å². The minimum atomic E-state index is -0.335. The zero-order valence-corrected chi connectivity index (χ0v) is 13.8. The minimum Gasteiger partial charge on any atom is -0.349 e. The highest BCUT2D eigenvalue weighted by atomic mass is 19.1. The third-order valence-corrected chi connectivity index (χ3v) is 4.74. The molecule has 1 N–H and O–H groups in total. The molecule has 6 heteroatoms. The van der Waals surface area contributed by atoms with Crippen molar-refractivity contribution in [1.82, 2.24) is 19.9 Å². The van der Waals surface area contributed by atoms with E-state index < -0.39 is 0 Å². The summed E-state index contributed by atoms with van der Waals surface area (Å²) in [6.07, 6.45) is 8.64. The highest BCUT2D eigenvalue weighted by molar-refractivity contribution is 6.00. The van der Waals surface area contributed by atoms with Crippen LogP contribution in [0.15, 0.2) is 42.7 Å². The lowest BCUT2D eigenvalue weighted by Crippen LogP contribution is -2.36. The Labute approximate surface area is 144 Å². The van der Waals surface area contributed by atoms with Gasteiger partial charge in [0.25, 0.3) is 5.91 Å². The Morgan fingerprint density at radius 1 is 1.16 bits per heavy atom. The molecule has 1 fully saturated rings. The van der Waals surface area contributed by atoms with E-state index in [1.54, 1.807) is 30.5 Å². The van der Waals surface area contributed by atoms with Crippen LogP contribution in [0.5, 0.6) is 0 Å². The van der Waals surface area contributed by atoms with Crippen LogP contribution in [0.3, 0.4) is 0 Å². The number of hydrogen-bond donors (Lipinski definition) is 1. The van der Waals surface area contributed by atoms with Gasteiger partial charge in [-0.3, -0.25) is 4.79 Å². The number of hydrogen-bond acceptors (Lipinski definition) is 3. The first kappa shape index (κ1) is 15.7. The highest BCUT2D eigenvalue weighted by Crippen LogP contribution is 2.24. The van der Waals surface area contributed by atoms with Gasteiger partial charge in [0.15, 0.2) is 5.65 Å². The average molecular weight is 338 g/mol. The van der Waals surface area contributed by atoms with Gasteiger partial charge in [0.05, 0.1) is 11.9 Å². The second kappa shape index (κ2) is 6.63. The zero-order chi connectivity index (χ0) is 17.2. The second-order valence-corrected chi connectivity index (χ2v) is 6.41. The maximum absolute atomic E-state index is 14.1. The predicted octanol–water partition coefficient (Wildman–Crippen LogP) is 3.60. The van der Waals surface area contributed by atoms with Gasteiger partial charge in [0.1, 0.15) is 11.4 Å². The van der Waals surface area contributed by atoms with Crippen LogP contribution in [-0.4, -0.2) is 26.5 Å². The number of nitrogens with one attached hydrogen (secondary N) is 1. The summed E-state index contributed by atoms with van der Waals surface area (Å²) in [5.74, 6) is -0.501. The number of carbonyl (C=O) groups excluding carboxylic acids is 1. The molecule has 2 aromatic heterocycles. The Bertz CT molecular complexity index is 915. The Balaban J connectivity index is 1.69. The second-order valence-electron chi connectivity index (χ2n) is 6.41. The zero-order valence-electron chi connectivity index (χ0n) is 13.8. The van der Waals surface area contributed by atoms with Crippen molar-refractivity contribution in [2.45, 2.75) is 38.1 Å². The first-order valence-electron chi connectivity index (χ1n) is 8.62. The molecule has 1 aliphatic rings. The Kier molecular flexibility index (Phi) is 4.17. The van der Waals surface area contributed by atoms with E-state index in [0.717, 1.165) is 25.7 Å². The molecule has 0 unspecified atom stereocenters. The summed E-state index contributed by atoms with van der Waals surface area (Å²) in [5, 5.41) is 7.35. The van der Waals surface area contributed by atoms with Gasteiger partial charge in [0.2, 0.25) is 0 Å². The Morgan fingerprint density at radius 3 is 2.76 bits per heavy atom. The molecule has 0 bridgehead atoms. The lowest BCUT2D eigenvalue weighted by atomic mass is 9.95. The van der Waals surface area contributed by atoms with E-state index in [0.29, 0.717) is 22.5 Å². The molecule has 0 atom stereocenters. The Hall–Kier alpha value is -2.76. The van der Waals surface area contributed by atoms with Gasteiger partial charge in [0, 0.05) is 17.8 Å². The molecular weight excluding hydrogens is 319 g/mol. The number of halogens is 1. The highest BCUT2D eigenvalue weighted by Gasteiger charge is 2.21. The molecule has 4 rings (SSSR count). The van der Waals surface area contributed by atoms with Gasteiger partial charge in [-0.15, -0.1) is 0 Å². The monoisotopic (exact) mass is 338 g/mol. The fraction of sp³-hybridized carbons (Fsp3) is 0.316. The van der Waals surface area contributed by atoms with Crippen molar-refractivity contribution in [3.05, 3.63) is 54.1 Å². The molecule has 25 heavy (non-hydrogen) atoms. The lowest BCUT2D eigenvalue weighted by Gasteiger charge is -2.22. The molecule has 1 amide bonds. The summed E-state index contributed by atoms with van der Waals surface area (Å²) in [4.78, 5) is 16.9. The van der Waals surface area contributed by atoms with Crippen LogP contribution in [0.4, 0.5) is 4.39 Å². The molecule has 0 saturated heterocycles. The molecular formula is C19H19FN4O. The molecule has 1 aromatic carbocycles. The van der Waals surface area contributed by atoms with Crippen molar-refractivity contribution >= 4 is 11.6 Å². The molecule has 128 valence electrons. The number of nitrogens with zero attached hydrogens (tertiary/aromatic N) is 3. The summed E-state index contributed by atoms with van der Waals surface area (Å²) < 4.78 is 15.7. The van der Waals surface area contributed by atoms with Crippen molar-refractivity contribution in [2.24, 2.45) is 0 Å². The smallest absolute Gasteiger partial charge is 0.256 e. The summed E-state index contributed by atoms with van der Waals surface area (Å²) in [6.45, 7) is 0. The predicted molar refractivity (Wildman–Crippen MR) is 92.7 cm³/mol. The van der Waals surface area contributed by atoms with Crippen LogP contribution < -0.4 is 5.32 Å². The van der Waals surface area contributed by atoms with Crippen LogP contribution in [0.1, 0.15) is 42.5 Å². The summed E-state index contributed by atoms with van der Waals surface area (Å²) in [6, 6.07) is 8.41. The van der Waals surface area contributed by atoms with Crippen molar-refractivity contribution in [2.75, 3.05) is 0 Å². The summed E-state index contributed by atoms with van der Waals surface area (Å²) in [7, 11) is 0. The van der Waals surface area contributed by atoms with Gasteiger partial charge in [-0.2, -0.15) is 5.10 Å². The van der Waals surface area contributed by atoms with Gasteiger partial charge < -0.3 is 5.32 Å². The quantitative estimate of drug-likeness (QED) is 0.794. The van der Waals surface area contributed by atoms with Crippen molar-refractivity contribution < 1.29 is 9.18 Å². The van der Waals surface area contributed by atoms with Crippen molar-refractivity contribution in [3.8, 4) is 11.3 Å². The number of benzene rings is 1. The van der Waals surface area contributed by atoms with Crippen LogP contribution in [-0.2, 0) is 0 Å². The minimum absolute atomic E-state index is 0.167. The lowest BCUT2D eigenvalue weighted by molar-refractivity contribution is 0.0929. The number of fused-ring (bicyclic) bond motifs is 1. The maximum atomic E-state index is 14.1. The molecule has 1 saturated carbocycles. The SMILES string of the molecule is O=C(NC1CCCCC1)c1cnn2c(-c3ccccc3F)ccnc12. The number of aromatic nitrogens is 3. The number of carbonyl (C=O) groups is 1. The molecule has 5 nitrogen and oxygen atoms in total. The van der Waals surface area contributed by atoms with E-state index in [-0.39, 0.29) is 17.8 Å². The summed E-state index contributed by atoms with van der Waals surface area (Å²) >= 11 is 0. The normalized spacial score (nSPS) is 15.4. The summed E-state index contributed by atoms with van der Waals surface area (Å²) in [5.41, 5.74) is 1.86. The fourth-order valence-electron chi connectivity index (χ4n) is 3.43. The van der Waals surface area contributed by atoms with Gasteiger partial charge in [-0.25, -0.2) is 13.9 Å². The standard InChI is InChI=1S/C19H19FN4O/c20-16-9-5-4-8-14(16)17-10-11-21-18-15(12-22-24(17)18)19(25)23-13-6-2-1-3-7-13/h4-5,8-13H,1-3,6-7H2,(H,23,25). The van der Waals surface area contributed by atoms with Crippen molar-refractivity contribution in [1.29, 1.82) is 0 Å². The van der Waals surface area contributed by atoms with Gasteiger partial charge >= 0.3 is 0 Å². The van der Waals surface area contributed by atoms with E-state index in [1.807, 2.05) is 0 Å². The Morgan fingerprint density at radius 2 is 1.96 bits per heavy atom. The van der Waals surface area contributed by atoms with Crippen LogP contribution in [0.2, 0.25) is 0 Å². The fourth-order valence-corrected chi connectivity index (χ4v) is 3.43. The van der Waals surface area contributed by atoms with Gasteiger partial charge in [-0.1, -0.05) is 31.4 Å². The number of amides is 1.